The number of Topliss-reactive ketones (excluding diaryl/α,β-unsaturated/α-hetero) is 1. The molecule has 14 heteroatoms. The highest BCUT2D eigenvalue weighted by molar-refractivity contribution is 5.94. The highest BCUT2D eigenvalue weighted by Crippen LogP contribution is 2.30. The van der Waals surface area contributed by atoms with E-state index in [0.717, 1.165) is 0 Å². The summed E-state index contributed by atoms with van der Waals surface area (Å²) in [5.74, 6) is -3.43. The third kappa shape index (κ3) is 13.6. The molecule has 1 fully saturated rings. The Bertz CT molecular complexity index is 1480. The first kappa shape index (κ1) is 49.3. The molecule has 0 bridgehead atoms. The fourth-order valence-corrected chi connectivity index (χ4v) is 8.14. The molecule has 1 heterocycles. The van der Waals surface area contributed by atoms with Crippen LogP contribution < -0.4 is 10.6 Å². The average Bonchev–Trinajstić information content (AvgIpc) is 3.62. The second-order valence-electron chi connectivity index (χ2n) is 16.8. The molecule has 3 N–H and O–H groups in total. The first-order chi connectivity index (χ1) is 26.7. The van der Waals surface area contributed by atoms with Gasteiger partial charge in [-0.3, -0.25) is 33.7 Å². The van der Waals surface area contributed by atoms with E-state index in [2.05, 4.69) is 10.6 Å². The second-order valence-corrected chi connectivity index (χ2v) is 16.8. The number of ketones is 1. The summed E-state index contributed by atoms with van der Waals surface area (Å²) < 4.78 is 11.6. The summed E-state index contributed by atoms with van der Waals surface area (Å²) in [7, 11) is 6.77. The topological polar surface area (TPSA) is 175 Å². The number of hydrogen-bond acceptors (Lipinski definition) is 10. The Morgan fingerprint density at radius 1 is 0.912 bits per heavy atom. The zero-order valence-corrected chi connectivity index (χ0v) is 36.6. The molecule has 322 valence electrons. The number of hydrogen-bond donors (Lipinski definition) is 3. The number of ether oxygens (including phenoxy) is 2. The summed E-state index contributed by atoms with van der Waals surface area (Å²) in [6, 6.07) is 5.84. The van der Waals surface area contributed by atoms with Crippen molar-refractivity contribution in [3.05, 3.63) is 35.9 Å². The lowest BCUT2D eigenvalue weighted by Crippen LogP contribution is -2.59. The minimum Gasteiger partial charge on any atom is -0.455 e. The van der Waals surface area contributed by atoms with Crippen molar-refractivity contribution in [3.63, 3.8) is 0 Å². The maximum atomic E-state index is 14.1. The van der Waals surface area contributed by atoms with Crippen molar-refractivity contribution in [2.75, 3.05) is 34.8 Å². The summed E-state index contributed by atoms with van der Waals surface area (Å²) in [4.78, 5) is 84.4. The number of methoxy groups -OCH3 is 1. The Morgan fingerprint density at radius 2 is 1.53 bits per heavy atom. The van der Waals surface area contributed by atoms with Gasteiger partial charge in [0.25, 0.3) is 0 Å². The molecule has 10 atom stereocenters. The van der Waals surface area contributed by atoms with E-state index in [1.807, 2.05) is 66.6 Å². The van der Waals surface area contributed by atoms with Crippen LogP contribution in [-0.2, 0) is 38.2 Å². The molecule has 0 spiro atoms. The Hall–Kier alpha value is -3.88. The van der Waals surface area contributed by atoms with Gasteiger partial charge in [-0.2, -0.15) is 0 Å². The van der Waals surface area contributed by atoms with Crippen LogP contribution in [-0.4, -0.2) is 132 Å². The predicted octanol–water partition coefficient (Wildman–Crippen LogP) is 3.75. The Kier molecular flexibility index (Phi) is 19.8. The lowest BCUT2D eigenvalue weighted by molar-refractivity contribution is -0.153. The van der Waals surface area contributed by atoms with Crippen LogP contribution in [0.4, 0.5) is 0 Å². The molecule has 1 aromatic carbocycles. The van der Waals surface area contributed by atoms with Gasteiger partial charge in [-0.15, -0.1) is 0 Å². The molecule has 2 rings (SSSR count). The van der Waals surface area contributed by atoms with Crippen molar-refractivity contribution >= 4 is 35.4 Å². The number of nitrogens with one attached hydrogen (secondary N) is 2. The van der Waals surface area contributed by atoms with E-state index in [1.54, 1.807) is 50.1 Å². The monoisotopic (exact) mass is 802 g/mol. The summed E-state index contributed by atoms with van der Waals surface area (Å²) in [5.41, 5.74) is 0.654. The highest BCUT2D eigenvalue weighted by Gasteiger charge is 2.43. The Balaban J connectivity index is 2.25. The van der Waals surface area contributed by atoms with Gasteiger partial charge in [-0.25, -0.2) is 0 Å². The normalized spacial score (nSPS) is 19.2. The molecule has 0 aromatic heterocycles. The molecule has 0 saturated carbocycles. The van der Waals surface area contributed by atoms with Crippen molar-refractivity contribution in [1.82, 2.24) is 25.3 Å². The quantitative estimate of drug-likeness (QED) is 0.116. The number of likely N-dealkylation sites (N-methyl/N-ethyl adjacent to an activating group) is 2. The molecular formula is C43H71N5O9. The van der Waals surface area contributed by atoms with Gasteiger partial charge in [0, 0.05) is 20.7 Å². The van der Waals surface area contributed by atoms with Crippen molar-refractivity contribution in [2.24, 2.45) is 23.7 Å². The van der Waals surface area contributed by atoms with Crippen LogP contribution in [0.25, 0.3) is 0 Å². The number of aliphatic hydroxyl groups excluding tert-OH is 1. The van der Waals surface area contributed by atoms with Crippen molar-refractivity contribution in [1.29, 1.82) is 0 Å². The largest absolute Gasteiger partial charge is 0.455 e. The number of carbonyl (C=O) groups is 6. The van der Waals surface area contributed by atoms with Crippen LogP contribution in [0.5, 0.6) is 0 Å². The number of esters is 1. The van der Waals surface area contributed by atoms with Gasteiger partial charge in [-0.1, -0.05) is 85.2 Å². The Labute approximate surface area is 340 Å². The van der Waals surface area contributed by atoms with E-state index in [9.17, 15) is 33.9 Å². The van der Waals surface area contributed by atoms with E-state index < -0.39 is 60.4 Å². The first-order valence-electron chi connectivity index (χ1n) is 20.5. The average molecular weight is 802 g/mol. The van der Waals surface area contributed by atoms with Crippen LogP contribution in [0.2, 0.25) is 0 Å². The number of aliphatic hydroxyl groups is 1. The minimum absolute atomic E-state index is 0.0114. The molecule has 14 nitrogen and oxygen atoms in total. The molecule has 0 radical (unpaired) electrons. The van der Waals surface area contributed by atoms with Crippen LogP contribution in [0.1, 0.15) is 106 Å². The van der Waals surface area contributed by atoms with Crippen molar-refractivity contribution < 1.29 is 43.3 Å². The van der Waals surface area contributed by atoms with E-state index in [1.165, 1.54) is 18.9 Å². The zero-order valence-electron chi connectivity index (χ0n) is 36.6. The van der Waals surface area contributed by atoms with Gasteiger partial charge < -0.3 is 35.0 Å². The maximum absolute atomic E-state index is 14.1. The molecule has 1 aliphatic rings. The molecule has 0 aliphatic carbocycles. The molecule has 0 unspecified atom stereocenters. The van der Waals surface area contributed by atoms with Gasteiger partial charge in [0.05, 0.1) is 48.7 Å². The lowest BCUT2D eigenvalue weighted by atomic mass is 9.89. The summed E-state index contributed by atoms with van der Waals surface area (Å²) in [6.45, 7) is 16.7. The van der Waals surface area contributed by atoms with E-state index >= 15 is 0 Å². The summed E-state index contributed by atoms with van der Waals surface area (Å²) in [5, 5.41) is 17.7. The highest BCUT2D eigenvalue weighted by atomic mass is 16.5. The molecule has 1 aliphatic heterocycles. The molecule has 1 aromatic rings. The number of likely N-dealkylation sites (tertiary alicyclic amines) is 1. The standard InChI is InChI=1S/C43H71N5O9/c1-14-27(6)38(47(12)43(55)36(25(2)3)45-42(54)37(26(4)5)46(10)11)33(50)24-34(51)48-22-18-21-32(48)39(56-13)29(8)41(53)44-30(9)40(31-19-16-15-17-20-31)57-35(52)23-28(7)49/h15-17,19-20,25-27,29-30,32-33,36-40,50H,14,18,21-24H2,1-13H3,(H,44,53)(H,45,54)/t27-,29+,30+,32-,33+,36-,37-,38-,39+,40+/m0/s1. The number of benzene rings is 1. The van der Waals surface area contributed by atoms with Crippen LogP contribution >= 0.6 is 0 Å². The number of amides is 4. The second kappa shape index (κ2) is 22.9. The Morgan fingerprint density at radius 3 is 2.04 bits per heavy atom. The lowest BCUT2D eigenvalue weighted by Gasteiger charge is -2.40. The van der Waals surface area contributed by atoms with Crippen LogP contribution in [0.3, 0.4) is 0 Å². The van der Waals surface area contributed by atoms with Crippen LogP contribution in [0.15, 0.2) is 30.3 Å². The van der Waals surface area contributed by atoms with Crippen molar-refractivity contribution in [3.8, 4) is 0 Å². The molecule has 4 amide bonds. The molecule has 1 saturated heterocycles. The van der Waals surface area contributed by atoms with Gasteiger partial charge >= 0.3 is 5.97 Å². The minimum atomic E-state index is -1.21. The maximum Gasteiger partial charge on any atom is 0.313 e. The number of rotatable bonds is 22. The van der Waals surface area contributed by atoms with Gasteiger partial charge in [0.1, 0.15) is 24.3 Å². The van der Waals surface area contributed by atoms with Crippen LogP contribution in [0, 0.1) is 23.7 Å². The van der Waals surface area contributed by atoms with E-state index in [4.69, 9.17) is 9.47 Å². The third-order valence-corrected chi connectivity index (χ3v) is 11.3. The van der Waals surface area contributed by atoms with Crippen molar-refractivity contribution in [2.45, 2.75) is 143 Å². The smallest absolute Gasteiger partial charge is 0.313 e. The van der Waals surface area contributed by atoms with Gasteiger partial charge in [0.2, 0.25) is 23.6 Å². The van der Waals surface area contributed by atoms with Gasteiger partial charge in [0.15, 0.2) is 0 Å². The third-order valence-electron chi connectivity index (χ3n) is 11.3. The summed E-state index contributed by atoms with van der Waals surface area (Å²) >= 11 is 0. The fourth-order valence-electron chi connectivity index (χ4n) is 8.14. The molecular weight excluding hydrogens is 730 g/mol. The zero-order chi connectivity index (χ0) is 43.3. The SMILES string of the molecule is CC[C@H](C)[C@@H]([C@H](O)CC(=O)N1CCC[C@H]1[C@H](OC)[C@@H](C)C(=O)N[C@H](C)[C@@H](OC(=O)CC(C)=O)c1ccccc1)N(C)C(=O)[C@@H](NC(=O)[C@H](C(C)C)N(C)C)C(C)C. The number of nitrogens with zero attached hydrogens (tertiary/aromatic N) is 3. The fraction of sp³-hybridized carbons (Fsp3) is 0.721. The first-order valence-corrected chi connectivity index (χ1v) is 20.5. The molecule has 57 heavy (non-hydrogen) atoms. The predicted molar refractivity (Wildman–Crippen MR) is 219 cm³/mol. The van der Waals surface area contributed by atoms with E-state index in [-0.39, 0.29) is 60.0 Å². The van der Waals surface area contributed by atoms with Gasteiger partial charge in [-0.05, 0) is 64.1 Å². The van der Waals surface area contributed by atoms with E-state index in [0.29, 0.717) is 31.4 Å². The number of carbonyl (C=O) groups excluding carboxylic acids is 6. The summed E-state index contributed by atoms with van der Waals surface area (Å²) in [6.07, 6.45) is -1.51.